The van der Waals surface area contributed by atoms with Crippen LogP contribution in [-0.2, 0) is 66.7 Å². The summed E-state index contributed by atoms with van der Waals surface area (Å²) in [5.74, 6) is 0. The summed E-state index contributed by atoms with van der Waals surface area (Å²) in [7, 11) is 0. The van der Waals surface area contributed by atoms with Crippen molar-refractivity contribution < 1.29 is 66.7 Å². The van der Waals surface area contributed by atoms with E-state index in [-0.39, 0.29) is 46.9 Å². The Labute approximate surface area is 66.6 Å². The van der Waals surface area contributed by atoms with Crippen LogP contribution in [0.1, 0.15) is 0 Å². The maximum Gasteiger partial charge on any atom is 2.00 e. The smallest absolute Gasteiger partial charge is 2.00 e. The number of rotatable bonds is 0. The van der Waals surface area contributed by atoms with E-state index in [4.69, 9.17) is 3.83 Å². The van der Waals surface area contributed by atoms with Gasteiger partial charge in [-0.05, 0) is 0 Å². The molecule has 0 N–H and O–H groups in total. The Morgan fingerprint density at radius 1 is 1.00 bits per heavy atom. The Morgan fingerprint density at radius 2 is 1.00 bits per heavy atom. The van der Waals surface area contributed by atoms with Crippen molar-refractivity contribution in [2.24, 2.45) is 0 Å². The van der Waals surface area contributed by atoms with Crippen LogP contribution in [0.4, 0.5) is 0 Å². The largest absolute Gasteiger partial charge is 2.00 e. The van der Waals surface area contributed by atoms with E-state index >= 15 is 0 Å². The van der Waals surface area contributed by atoms with Crippen LogP contribution in [0.5, 0.6) is 0 Å². The van der Waals surface area contributed by atoms with E-state index in [9.17, 15) is 0 Å². The first-order valence-corrected chi connectivity index (χ1v) is 0.508. The molecule has 0 aromatic rings. The second-order valence-corrected chi connectivity index (χ2v) is 0. The van der Waals surface area contributed by atoms with Crippen molar-refractivity contribution >= 4 is 0 Å². The molecule has 0 unspecified atom stereocenters. The Kier molecular flexibility index (Phi) is 884. The van der Waals surface area contributed by atoms with Crippen LogP contribution in [-0.4, -0.2) is 0 Å². The van der Waals surface area contributed by atoms with E-state index in [1.54, 1.807) is 0 Å². The first-order valence-electron chi connectivity index (χ1n) is 0.123. The first kappa shape index (κ1) is 53.5. The van der Waals surface area contributed by atoms with Crippen LogP contribution >= 0.6 is 0 Å². The van der Waals surface area contributed by atoms with Crippen molar-refractivity contribution in [2.75, 3.05) is 0 Å². The Bertz CT molecular complexity index is 10.8. The average molecular weight is 236 g/mol. The molecule has 0 aliphatic heterocycles. The second-order valence-electron chi connectivity index (χ2n) is 0. The summed E-state index contributed by atoms with van der Waals surface area (Å²) in [6.07, 6.45) is 0. The predicted molar refractivity (Wildman–Crippen MR) is 2.06 cm³/mol. The molecule has 6 heteroatoms. The van der Waals surface area contributed by atoms with Gasteiger partial charge in [-0.3, -0.25) is 0 Å². The fourth-order valence-corrected chi connectivity index (χ4v) is 0. The molecule has 0 amide bonds. The summed E-state index contributed by atoms with van der Waals surface area (Å²) in [6, 6.07) is 0. The van der Waals surface area contributed by atoms with Crippen LogP contribution in [0.15, 0.2) is 0 Å². The second kappa shape index (κ2) is 99.1. The minimum atomic E-state index is 0. The molecule has 6 heavy (non-hydrogen) atoms. The standard InChI is InChI=1S/Cu.Ni.3O.Zn/q;+2;;2*-2;+2. The molecule has 3 nitrogen and oxygen atoms in total. The summed E-state index contributed by atoms with van der Waals surface area (Å²) in [4.78, 5) is 0. The fraction of sp³-hybridized carbons (Fsp3) is 0. The molecule has 0 atom stereocenters. The molecule has 41 valence electrons. The quantitative estimate of drug-likeness (QED) is 0.528. The molecule has 0 aromatic heterocycles. The van der Waals surface area contributed by atoms with Crippen LogP contribution in [0.25, 0.3) is 0 Å². The van der Waals surface area contributed by atoms with E-state index in [1.807, 2.05) is 0 Å². The summed E-state index contributed by atoms with van der Waals surface area (Å²) in [5, 5.41) is 0. The topological polar surface area (TPSA) is 74.1 Å². The Morgan fingerprint density at radius 3 is 1.00 bits per heavy atom. The molecule has 0 aromatic carbocycles. The van der Waals surface area contributed by atoms with Gasteiger partial charge in [0.15, 0.2) is 0 Å². The van der Waals surface area contributed by atoms with Gasteiger partial charge < -0.3 is 11.0 Å². The normalized spacial score (nSPS) is 1.00. The van der Waals surface area contributed by atoms with Crippen molar-refractivity contribution in [1.29, 1.82) is 0 Å². The van der Waals surface area contributed by atoms with Gasteiger partial charge in [-0.25, -0.2) is 0 Å². The molecule has 0 aliphatic carbocycles. The van der Waals surface area contributed by atoms with Gasteiger partial charge in [0.2, 0.25) is 0 Å². The third-order valence-corrected chi connectivity index (χ3v) is 0. The Balaban J connectivity index is -0.000000000833. The van der Waals surface area contributed by atoms with Crippen LogP contribution in [0, 0.1) is 0 Å². The minimum absolute atomic E-state index is 0. The van der Waals surface area contributed by atoms with Gasteiger partial charge in [-0.15, -0.1) is 0 Å². The molecule has 0 saturated carbocycles. The minimum Gasteiger partial charge on any atom is 2.00 e. The van der Waals surface area contributed by atoms with E-state index in [0.717, 1.165) is 0 Å². The van der Waals surface area contributed by atoms with Crippen molar-refractivity contribution in [3.63, 3.8) is 0 Å². The van der Waals surface area contributed by atoms with Crippen LogP contribution in [0.2, 0.25) is 0 Å². The van der Waals surface area contributed by atoms with Gasteiger partial charge in [-0.2, -0.15) is 0 Å². The Hall–Kier alpha value is 1.36. The zero-order valence-electron chi connectivity index (χ0n) is 2.55. The molecule has 0 spiro atoms. The first-order chi connectivity index (χ1) is 1.00. The fourth-order valence-electron chi connectivity index (χ4n) is 0. The van der Waals surface area contributed by atoms with Gasteiger partial charge in [0.25, 0.3) is 0 Å². The zero-order chi connectivity index (χ0) is 2.00. The van der Waals surface area contributed by atoms with Crippen molar-refractivity contribution in [3.05, 3.63) is 0 Å². The molecule has 0 bridgehead atoms. The molecule has 0 radical (unpaired) electrons. The third kappa shape index (κ3) is 55.3. The molecule has 0 saturated heterocycles. The van der Waals surface area contributed by atoms with Crippen molar-refractivity contribution in [2.45, 2.75) is 0 Å². The number of hydrogen-bond acceptors (Lipinski definition) is 1. The van der Waals surface area contributed by atoms with Gasteiger partial charge in [-0.1, -0.05) is 0 Å². The number of hydrogen-bond donors (Lipinski definition) is 0. The van der Waals surface area contributed by atoms with Crippen LogP contribution in [0.3, 0.4) is 0 Å². The van der Waals surface area contributed by atoms with E-state index in [1.165, 1.54) is 0 Å². The maximum absolute atomic E-state index is 7.81. The van der Waals surface area contributed by atoms with Crippen LogP contribution < -0.4 is 0 Å². The molecular weight excluding hydrogens is 236 g/mol. The van der Waals surface area contributed by atoms with Crippen molar-refractivity contribution in [3.8, 4) is 0 Å². The van der Waals surface area contributed by atoms with Gasteiger partial charge in [0.05, 0.1) is 0 Å². The van der Waals surface area contributed by atoms with E-state index < -0.39 is 0 Å². The van der Waals surface area contributed by atoms with Gasteiger partial charge in [0.1, 0.15) is 0 Å². The average Bonchev–Trinajstić information content (AvgIpc) is 1.00. The van der Waals surface area contributed by atoms with E-state index in [2.05, 4.69) is 15.9 Å². The predicted octanol–water partition coefficient (Wildman–Crippen LogP) is -0.364. The summed E-state index contributed by atoms with van der Waals surface area (Å²) in [5.41, 5.74) is 0. The maximum atomic E-state index is 7.81. The monoisotopic (exact) mass is 233 g/mol. The molecule has 0 rings (SSSR count). The molecular formula is CuNiO3Zn. The zero-order valence-corrected chi connectivity index (χ0v) is 7.45. The van der Waals surface area contributed by atoms with Crippen molar-refractivity contribution in [1.82, 2.24) is 0 Å². The molecule has 0 fully saturated rings. The summed E-state index contributed by atoms with van der Waals surface area (Å²) >= 11 is 2.94. The SMILES string of the molecule is [Ni+2].[O-2].[O-2].[O]=[Cu].[Zn+2]. The van der Waals surface area contributed by atoms with Gasteiger partial charge in [0, 0.05) is 0 Å². The summed E-state index contributed by atoms with van der Waals surface area (Å²) in [6.45, 7) is 0. The van der Waals surface area contributed by atoms with Gasteiger partial charge >= 0.3 is 55.7 Å². The molecule has 0 aliphatic rings. The van der Waals surface area contributed by atoms with E-state index in [0.29, 0.717) is 0 Å². The molecule has 0 heterocycles. The third-order valence-electron chi connectivity index (χ3n) is 0. The summed E-state index contributed by atoms with van der Waals surface area (Å²) < 4.78 is 7.81.